The lowest BCUT2D eigenvalue weighted by Gasteiger charge is -2.31. The number of nitrogens with zero attached hydrogens (tertiary/aromatic N) is 2. The van der Waals surface area contributed by atoms with E-state index in [0.29, 0.717) is 24.6 Å². The summed E-state index contributed by atoms with van der Waals surface area (Å²) in [4.78, 5) is 14.9. The number of oxime groups is 1. The van der Waals surface area contributed by atoms with Gasteiger partial charge in [0.2, 0.25) is 0 Å². The van der Waals surface area contributed by atoms with Crippen LogP contribution in [0.2, 0.25) is 0 Å². The molecular formula is C14H15N3O3S. The molecule has 2 aromatic rings. The molecule has 3 N–H and O–H groups in total. The van der Waals surface area contributed by atoms with E-state index >= 15 is 0 Å². The van der Waals surface area contributed by atoms with Crippen LogP contribution in [0, 0.1) is 0 Å². The van der Waals surface area contributed by atoms with Crippen LogP contribution in [0.5, 0.6) is 0 Å². The summed E-state index contributed by atoms with van der Waals surface area (Å²) in [7, 11) is 0. The first-order chi connectivity index (χ1) is 10.2. The van der Waals surface area contributed by atoms with Gasteiger partial charge in [-0.2, -0.15) is 0 Å². The Bertz CT molecular complexity index is 665. The molecule has 1 amide bonds. The highest BCUT2D eigenvalue weighted by Crippen LogP contribution is 2.26. The molecule has 1 aromatic heterocycles. The lowest BCUT2D eigenvalue weighted by molar-refractivity contribution is 0.00700. The van der Waals surface area contributed by atoms with Gasteiger partial charge < -0.3 is 20.6 Å². The van der Waals surface area contributed by atoms with Gasteiger partial charge >= 0.3 is 0 Å². The molecule has 0 radical (unpaired) electrons. The predicted octanol–water partition coefficient (Wildman–Crippen LogP) is 1.49. The van der Waals surface area contributed by atoms with Gasteiger partial charge in [-0.05, 0) is 17.5 Å². The highest BCUT2D eigenvalue weighted by molar-refractivity contribution is 7.20. The van der Waals surface area contributed by atoms with Gasteiger partial charge in [-0.25, -0.2) is 0 Å². The van der Waals surface area contributed by atoms with Crippen LogP contribution >= 0.6 is 11.3 Å². The van der Waals surface area contributed by atoms with E-state index in [2.05, 4.69) is 5.16 Å². The number of benzene rings is 1. The third-order valence-electron chi connectivity index (χ3n) is 3.44. The zero-order chi connectivity index (χ0) is 14.8. The molecule has 1 atom stereocenters. The SMILES string of the molecule is NC(=NO)C1CN(C(=O)c2cc3ccccc3s2)CCO1. The number of morpholine rings is 1. The fourth-order valence-electron chi connectivity index (χ4n) is 2.32. The topological polar surface area (TPSA) is 88.2 Å². The smallest absolute Gasteiger partial charge is 0.264 e. The summed E-state index contributed by atoms with van der Waals surface area (Å²) in [6, 6.07) is 9.79. The normalized spacial score (nSPS) is 19.9. The second-order valence-electron chi connectivity index (χ2n) is 4.78. The molecule has 110 valence electrons. The van der Waals surface area contributed by atoms with Crippen molar-refractivity contribution < 1.29 is 14.7 Å². The van der Waals surface area contributed by atoms with Crippen molar-refractivity contribution in [2.75, 3.05) is 19.7 Å². The van der Waals surface area contributed by atoms with Crippen molar-refractivity contribution >= 4 is 33.2 Å². The Balaban J connectivity index is 1.81. The number of amides is 1. The van der Waals surface area contributed by atoms with E-state index in [0.717, 1.165) is 10.1 Å². The summed E-state index contributed by atoms with van der Waals surface area (Å²) in [5, 5.41) is 12.7. The highest BCUT2D eigenvalue weighted by Gasteiger charge is 2.28. The van der Waals surface area contributed by atoms with Crippen molar-refractivity contribution in [3.05, 3.63) is 35.2 Å². The number of amidine groups is 1. The highest BCUT2D eigenvalue weighted by atomic mass is 32.1. The average molecular weight is 305 g/mol. The van der Waals surface area contributed by atoms with Gasteiger partial charge in [0.25, 0.3) is 5.91 Å². The summed E-state index contributed by atoms with van der Waals surface area (Å²) in [6.07, 6.45) is -0.554. The molecule has 3 rings (SSSR count). The van der Waals surface area contributed by atoms with Crippen molar-refractivity contribution in [1.29, 1.82) is 0 Å². The molecule has 1 aliphatic heterocycles. The number of nitrogens with two attached hydrogens (primary N) is 1. The summed E-state index contributed by atoms with van der Waals surface area (Å²) < 4.78 is 6.48. The second kappa shape index (κ2) is 5.71. The van der Waals surface area contributed by atoms with Gasteiger partial charge in [0.15, 0.2) is 5.84 Å². The van der Waals surface area contributed by atoms with Crippen molar-refractivity contribution in [1.82, 2.24) is 4.90 Å². The van der Waals surface area contributed by atoms with Crippen LogP contribution in [0.25, 0.3) is 10.1 Å². The molecule has 0 spiro atoms. The van der Waals surface area contributed by atoms with E-state index in [1.165, 1.54) is 11.3 Å². The quantitative estimate of drug-likeness (QED) is 0.381. The van der Waals surface area contributed by atoms with E-state index in [4.69, 9.17) is 15.7 Å². The zero-order valence-electron chi connectivity index (χ0n) is 11.2. The number of fused-ring (bicyclic) bond motifs is 1. The summed E-state index contributed by atoms with van der Waals surface area (Å²) >= 11 is 1.47. The largest absolute Gasteiger partial charge is 0.409 e. The van der Waals surface area contributed by atoms with E-state index in [1.54, 1.807) is 4.90 Å². The van der Waals surface area contributed by atoms with Crippen LogP contribution in [0.15, 0.2) is 35.5 Å². The number of hydrogen-bond acceptors (Lipinski definition) is 5. The molecule has 7 heteroatoms. The molecule has 1 fully saturated rings. The van der Waals surface area contributed by atoms with Crippen molar-refractivity contribution in [2.45, 2.75) is 6.10 Å². The van der Waals surface area contributed by atoms with E-state index in [1.807, 2.05) is 30.3 Å². The first-order valence-corrected chi connectivity index (χ1v) is 7.37. The Labute approximate surface area is 125 Å². The summed E-state index contributed by atoms with van der Waals surface area (Å²) in [5.41, 5.74) is 5.55. The number of carbonyl (C=O) groups is 1. The summed E-state index contributed by atoms with van der Waals surface area (Å²) in [5.74, 6) is -0.0564. The number of ether oxygens (including phenoxy) is 1. The van der Waals surface area contributed by atoms with Gasteiger partial charge in [0, 0.05) is 11.2 Å². The fourth-order valence-corrected chi connectivity index (χ4v) is 3.35. The maximum absolute atomic E-state index is 12.6. The standard InChI is InChI=1S/C14H15N3O3S/c15-13(16-19)10-8-17(5-6-20-10)14(18)12-7-9-3-1-2-4-11(9)21-12/h1-4,7,10,19H,5-6,8H2,(H2,15,16). The van der Waals surface area contributed by atoms with Crippen LogP contribution < -0.4 is 5.73 Å². The molecule has 21 heavy (non-hydrogen) atoms. The first-order valence-electron chi connectivity index (χ1n) is 6.56. The maximum Gasteiger partial charge on any atom is 0.264 e. The minimum Gasteiger partial charge on any atom is -0.409 e. The van der Waals surface area contributed by atoms with Crippen LogP contribution in [-0.4, -0.2) is 47.7 Å². The zero-order valence-corrected chi connectivity index (χ0v) is 12.0. The van der Waals surface area contributed by atoms with Gasteiger partial charge in [-0.3, -0.25) is 4.79 Å². The molecule has 0 aliphatic carbocycles. The summed E-state index contributed by atoms with van der Waals surface area (Å²) in [6.45, 7) is 1.17. The van der Waals surface area contributed by atoms with Crippen molar-refractivity contribution in [3.63, 3.8) is 0 Å². The van der Waals surface area contributed by atoms with Crippen LogP contribution in [0.1, 0.15) is 9.67 Å². The lowest BCUT2D eigenvalue weighted by Crippen LogP contribution is -2.50. The molecule has 0 saturated carbocycles. The lowest BCUT2D eigenvalue weighted by atomic mass is 10.2. The molecule has 1 unspecified atom stereocenters. The Morgan fingerprint density at radius 2 is 2.29 bits per heavy atom. The minimum atomic E-state index is -0.554. The van der Waals surface area contributed by atoms with Crippen molar-refractivity contribution in [2.24, 2.45) is 10.9 Å². The fraction of sp³-hybridized carbons (Fsp3) is 0.286. The molecule has 0 bridgehead atoms. The Hall–Kier alpha value is -2.12. The number of thiophene rings is 1. The average Bonchev–Trinajstić information content (AvgIpc) is 2.97. The number of carbonyl (C=O) groups excluding carboxylic acids is 1. The van der Waals surface area contributed by atoms with Gasteiger partial charge in [-0.15, -0.1) is 11.3 Å². The van der Waals surface area contributed by atoms with Crippen LogP contribution in [0.4, 0.5) is 0 Å². The van der Waals surface area contributed by atoms with E-state index in [9.17, 15) is 4.79 Å². The van der Waals surface area contributed by atoms with Gasteiger partial charge in [0.05, 0.1) is 18.0 Å². The Morgan fingerprint density at radius 3 is 3.05 bits per heavy atom. The molecule has 1 aromatic carbocycles. The predicted molar refractivity (Wildman–Crippen MR) is 80.9 cm³/mol. The Morgan fingerprint density at radius 1 is 1.48 bits per heavy atom. The molecule has 1 aliphatic rings. The second-order valence-corrected chi connectivity index (χ2v) is 5.87. The minimum absolute atomic E-state index is 0.0103. The van der Waals surface area contributed by atoms with Crippen LogP contribution in [-0.2, 0) is 4.74 Å². The Kier molecular flexibility index (Phi) is 3.76. The molecule has 2 heterocycles. The maximum atomic E-state index is 12.6. The third-order valence-corrected chi connectivity index (χ3v) is 4.54. The first kappa shape index (κ1) is 13.8. The van der Waals surface area contributed by atoms with Crippen molar-refractivity contribution in [3.8, 4) is 0 Å². The number of hydrogen-bond donors (Lipinski definition) is 2. The van der Waals surface area contributed by atoms with E-state index in [-0.39, 0.29) is 11.7 Å². The monoisotopic (exact) mass is 305 g/mol. The third kappa shape index (κ3) is 2.70. The molecule has 1 saturated heterocycles. The molecular weight excluding hydrogens is 290 g/mol. The van der Waals surface area contributed by atoms with E-state index < -0.39 is 6.10 Å². The van der Waals surface area contributed by atoms with Gasteiger partial charge in [0.1, 0.15) is 6.10 Å². The molecule has 6 nitrogen and oxygen atoms in total. The van der Waals surface area contributed by atoms with Crippen LogP contribution in [0.3, 0.4) is 0 Å². The number of rotatable bonds is 2. The van der Waals surface area contributed by atoms with Gasteiger partial charge in [-0.1, -0.05) is 23.4 Å².